The van der Waals surface area contributed by atoms with Gasteiger partial charge in [-0.2, -0.15) is 0 Å². The lowest BCUT2D eigenvalue weighted by Gasteiger charge is -2.23. The standard InChI is InChI=1S/C16H14BrFO3/c17-15-10(3-1-5-12(15)18)9-13(19)11-4-2-6-14-16(11)21-8-7-20-14/h1-6,13,19H,7-9H2. The van der Waals surface area contributed by atoms with Gasteiger partial charge < -0.3 is 14.6 Å². The lowest BCUT2D eigenvalue weighted by atomic mass is 10.00. The van der Waals surface area contributed by atoms with Crippen molar-refractivity contribution in [3.8, 4) is 11.5 Å². The normalized spacial score (nSPS) is 14.8. The number of rotatable bonds is 3. The van der Waals surface area contributed by atoms with E-state index in [1.807, 2.05) is 12.1 Å². The first-order valence-corrected chi connectivity index (χ1v) is 7.45. The molecule has 1 aliphatic heterocycles. The number of aliphatic hydroxyl groups excluding tert-OH is 1. The van der Waals surface area contributed by atoms with Gasteiger partial charge in [0.15, 0.2) is 11.5 Å². The summed E-state index contributed by atoms with van der Waals surface area (Å²) in [6, 6.07) is 10.2. The Morgan fingerprint density at radius 1 is 1.14 bits per heavy atom. The molecule has 0 bridgehead atoms. The van der Waals surface area contributed by atoms with E-state index in [1.54, 1.807) is 18.2 Å². The molecule has 3 rings (SSSR count). The molecule has 2 aromatic rings. The Balaban J connectivity index is 1.89. The summed E-state index contributed by atoms with van der Waals surface area (Å²) in [5, 5.41) is 10.5. The van der Waals surface area contributed by atoms with Gasteiger partial charge in [-0.15, -0.1) is 0 Å². The molecule has 21 heavy (non-hydrogen) atoms. The summed E-state index contributed by atoms with van der Waals surface area (Å²) in [7, 11) is 0. The molecule has 0 radical (unpaired) electrons. The van der Waals surface area contributed by atoms with Gasteiger partial charge in [0.1, 0.15) is 19.0 Å². The summed E-state index contributed by atoms with van der Waals surface area (Å²) in [6.45, 7) is 0.961. The van der Waals surface area contributed by atoms with Gasteiger partial charge in [0, 0.05) is 12.0 Å². The molecule has 3 nitrogen and oxygen atoms in total. The minimum atomic E-state index is -0.792. The second-order valence-electron chi connectivity index (χ2n) is 4.80. The van der Waals surface area contributed by atoms with Crippen LogP contribution in [0.1, 0.15) is 17.2 Å². The van der Waals surface area contributed by atoms with Crippen molar-refractivity contribution in [1.29, 1.82) is 0 Å². The van der Waals surface area contributed by atoms with Gasteiger partial charge in [-0.05, 0) is 33.6 Å². The molecule has 1 N–H and O–H groups in total. The fraction of sp³-hybridized carbons (Fsp3) is 0.250. The number of hydrogen-bond acceptors (Lipinski definition) is 3. The van der Waals surface area contributed by atoms with Gasteiger partial charge in [0.05, 0.1) is 10.6 Å². The van der Waals surface area contributed by atoms with Crippen LogP contribution in [0.2, 0.25) is 0 Å². The summed E-state index contributed by atoms with van der Waals surface area (Å²) < 4.78 is 25.0. The van der Waals surface area contributed by atoms with E-state index in [-0.39, 0.29) is 12.2 Å². The van der Waals surface area contributed by atoms with E-state index in [9.17, 15) is 9.50 Å². The predicted molar refractivity (Wildman–Crippen MR) is 80.2 cm³/mol. The number of benzene rings is 2. The van der Waals surface area contributed by atoms with Gasteiger partial charge >= 0.3 is 0 Å². The second-order valence-corrected chi connectivity index (χ2v) is 5.60. The van der Waals surface area contributed by atoms with Gasteiger partial charge in [0.2, 0.25) is 0 Å². The smallest absolute Gasteiger partial charge is 0.167 e. The van der Waals surface area contributed by atoms with Gasteiger partial charge in [-0.3, -0.25) is 0 Å². The molecule has 0 spiro atoms. The molecular weight excluding hydrogens is 339 g/mol. The van der Waals surface area contributed by atoms with E-state index in [1.165, 1.54) is 6.07 Å². The van der Waals surface area contributed by atoms with E-state index in [0.29, 0.717) is 40.3 Å². The molecule has 0 saturated carbocycles. The topological polar surface area (TPSA) is 38.7 Å². The quantitative estimate of drug-likeness (QED) is 0.916. The molecule has 2 aromatic carbocycles. The monoisotopic (exact) mass is 352 g/mol. The van der Waals surface area contributed by atoms with Crippen LogP contribution in [0.5, 0.6) is 11.5 Å². The predicted octanol–water partition coefficient (Wildman–Crippen LogP) is 3.64. The largest absolute Gasteiger partial charge is 0.486 e. The number of halogens is 2. The zero-order chi connectivity index (χ0) is 14.8. The molecule has 0 aromatic heterocycles. The van der Waals surface area contributed by atoms with Crippen LogP contribution in [0.4, 0.5) is 4.39 Å². The Morgan fingerprint density at radius 2 is 1.90 bits per heavy atom. The van der Waals surface area contributed by atoms with Crippen molar-refractivity contribution in [2.24, 2.45) is 0 Å². The van der Waals surface area contributed by atoms with Gasteiger partial charge in [0.25, 0.3) is 0 Å². The highest BCUT2D eigenvalue weighted by Crippen LogP contribution is 2.38. The van der Waals surface area contributed by atoms with Crippen molar-refractivity contribution in [1.82, 2.24) is 0 Å². The van der Waals surface area contributed by atoms with E-state index in [4.69, 9.17) is 9.47 Å². The maximum Gasteiger partial charge on any atom is 0.167 e. The average Bonchev–Trinajstić information content (AvgIpc) is 2.51. The maximum atomic E-state index is 13.5. The number of para-hydroxylation sites is 1. The third kappa shape index (κ3) is 2.89. The Morgan fingerprint density at radius 3 is 2.76 bits per heavy atom. The first kappa shape index (κ1) is 14.4. The molecule has 0 aliphatic carbocycles. The van der Waals surface area contributed by atoms with E-state index >= 15 is 0 Å². The summed E-state index contributed by atoms with van der Waals surface area (Å²) in [5.41, 5.74) is 1.36. The molecule has 1 aliphatic rings. The highest BCUT2D eigenvalue weighted by Gasteiger charge is 2.21. The van der Waals surface area contributed by atoms with Crippen LogP contribution in [-0.4, -0.2) is 18.3 Å². The van der Waals surface area contributed by atoms with Crippen molar-refractivity contribution in [3.63, 3.8) is 0 Å². The van der Waals surface area contributed by atoms with E-state index in [0.717, 1.165) is 0 Å². The van der Waals surface area contributed by atoms with Crippen LogP contribution in [0.15, 0.2) is 40.9 Å². The van der Waals surface area contributed by atoms with Crippen LogP contribution >= 0.6 is 15.9 Å². The third-order valence-electron chi connectivity index (χ3n) is 3.40. The Bertz CT molecular complexity index is 660. The number of aliphatic hydroxyl groups is 1. The number of fused-ring (bicyclic) bond motifs is 1. The number of hydrogen-bond donors (Lipinski definition) is 1. The summed E-state index contributed by atoms with van der Waals surface area (Å²) in [5.74, 6) is 0.870. The lowest BCUT2D eigenvalue weighted by Crippen LogP contribution is -2.17. The molecule has 0 saturated heterocycles. The molecule has 0 amide bonds. The summed E-state index contributed by atoms with van der Waals surface area (Å²) >= 11 is 3.21. The molecule has 1 atom stereocenters. The SMILES string of the molecule is OC(Cc1cccc(F)c1Br)c1cccc2c1OCCO2. The summed E-state index contributed by atoms with van der Waals surface area (Å²) in [4.78, 5) is 0. The van der Waals surface area contributed by atoms with Crippen LogP contribution < -0.4 is 9.47 Å². The van der Waals surface area contributed by atoms with Crippen molar-refractivity contribution in [2.45, 2.75) is 12.5 Å². The van der Waals surface area contributed by atoms with E-state index < -0.39 is 6.10 Å². The van der Waals surface area contributed by atoms with Gasteiger partial charge in [-0.25, -0.2) is 4.39 Å². The highest BCUT2D eigenvalue weighted by molar-refractivity contribution is 9.10. The Labute approximate surface area is 130 Å². The molecule has 1 unspecified atom stereocenters. The number of ether oxygens (including phenoxy) is 2. The van der Waals surface area contributed by atoms with Crippen molar-refractivity contribution in [3.05, 3.63) is 57.8 Å². The zero-order valence-corrected chi connectivity index (χ0v) is 12.8. The van der Waals surface area contributed by atoms with E-state index in [2.05, 4.69) is 15.9 Å². The molecule has 1 heterocycles. The zero-order valence-electron chi connectivity index (χ0n) is 11.2. The van der Waals surface area contributed by atoms with Crippen LogP contribution in [-0.2, 0) is 6.42 Å². The third-order valence-corrected chi connectivity index (χ3v) is 4.29. The highest BCUT2D eigenvalue weighted by atomic mass is 79.9. The summed E-state index contributed by atoms with van der Waals surface area (Å²) in [6.07, 6.45) is -0.502. The first-order chi connectivity index (χ1) is 10.2. The van der Waals surface area contributed by atoms with Crippen LogP contribution in [0.25, 0.3) is 0 Å². The van der Waals surface area contributed by atoms with Crippen molar-refractivity contribution >= 4 is 15.9 Å². The minimum absolute atomic E-state index is 0.290. The minimum Gasteiger partial charge on any atom is -0.486 e. The fourth-order valence-electron chi connectivity index (χ4n) is 2.38. The molecule has 0 fully saturated rings. The van der Waals surface area contributed by atoms with Crippen LogP contribution in [0, 0.1) is 5.82 Å². The van der Waals surface area contributed by atoms with Crippen LogP contribution in [0.3, 0.4) is 0 Å². The van der Waals surface area contributed by atoms with Gasteiger partial charge in [-0.1, -0.05) is 24.3 Å². The molecule has 110 valence electrons. The fourth-order valence-corrected chi connectivity index (χ4v) is 2.81. The molecule has 5 heteroatoms. The van der Waals surface area contributed by atoms with Crippen molar-refractivity contribution in [2.75, 3.05) is 13.2 Å². The maximum absolute atomic E-state index is 13.5. The molecular formula is C16H14BrFO3. The van der Waals surface area contributed by atoms with Crippen molar-refractivity contribution < 1.29 is 19.0 Å². The Hall–Kier alpha value is -1.59. The Kier molecular flexibility index (Phi) is 4.12. The first-order valence-electron chi connectivity index (χ1n) is 6.66. The lowest BCUT2D eigenvalue weighted by molar-refractivity contribution is 0.146. The average molecular weight is 353 g/mol. The second kappa shape index (κ2) is 6.03.